The van der Waals surface area contributed by atoms with Crippen LogP contribution < -0.4 is 4.90 Å². The lowest BCUT2D eigenvalue weighted by molar-refractivity contribution is -0.917. The summed E-state index contributed by atoms with van der Waals surface area (Å²) in [6.07, 6.45) is 0.886. The summed E-state index contributed by atoms with van der Waals surface area (Å²) < 4.78 is 1.22. The van der Waals surface area contributed by atoms with Crippen molar-refractivity contribution in [1.29, 1.82) is 0 Å². The Labute approximate surface area is 173 Å². The first kappa shape index (κ1) is 19.8. The number of urea groups is 1. The Morgan fingerprint density at radius 1 is 1.21 bits per heavy atom. The molecule has 0 radical (unpaired) electrons. The average molecular weight is 417 g/mol. The highest BCUT2D eigenvalue weighted by Crippen LogP contribution is 2.20. The zero-order chi connectivity index (χ0) is 20.4. The number of nitrogens with one attached hydrogen (secondary N) is 1. The van der Waals surface area contributed by atoms with E-state index in [2.05, 4.69) is 6.07 Å². The van der Waals surface area contributed by atoms with E-state index in [4.69, 9.17) is 4.98 Å². The van der Waals surface area contributed by atoms with E-state index in [0.717, 1.165) is 43.2 Å². The van der Waals surface area contributed by atoms with Crippen molar-refractivity contribution in [3.05, 3.63) is 29.3 Å². The lowest BCUT2D eigenvalue weighted by atomic mass is 10.2. The maximum absolute atomic E-state index is 12.5. The third kappa shape index (κ3) is 4.40. The second-order valence-corrected chi connectivity index (χ2v) is 8.79. The van der Waals surface area contributed by atoms with Crippen molar-refractivity contribution in [3.8, 4) is 0 Å². The molecule has 1 aromatic carbocycles. The number of carbonyl (C=O) groups excluding carboxylic acids is 3. The molecule has 2 aliphatic heterocycles. The average Bonchev–Trinajstić information content (AvgIpc) is 3.23. The number of rotatable bonds is 6. The fourth-order valence-electron chi connectivity index (χ4n) is 3.89. The maximum atomic E-state index is 12.5. The summed E-state index contributed by atoms with van der Waals surface area (Å²) in [7, 11) is 1.61. The van der Waals surface area contributed by atoms with Crippen molar-refractivity contribution < 1.29 is 19.3 Å². The second-order valence-electron chi connectivity index (χ2n) is 7.67. The molecule has 9 heteroatoms. The number of aromatic nitrogens is 1. The highest BCUT2D eigenvalue weighted by atomic mass is 32.1. The first-order valence-electron chi connectivity index (χ1n) is 10.0. The van der Waals surface area contributed by atoms with Crippen molar-refractivity contribution in [2.75, 3.05) is 46.3 Å². The van der Waals surface area contributed by atoms with Crippen LogP contribution in [0, 0.1) is 0 Å². The lowest BCUT2D eigenvalue weighted by Crippen LogP contribution is -3.13. The number of benzene rings is 1. The number of hydrogen-bond donors (Lipinski definition) is 1. The molecule has 3 heterocycles. The van der Waals surface area contributed by atoms with Gasteiger partial charge in [0.25, 0.3) is 0 Å². The van der Waals surface area contributed by atoms with Crippen LogP contribution in [0.4, 0.5) is 4.79 Å². The molecule has 29 heavy (non-hydrogen) atoms. The fourth-order valence-corrected chi connectivity index (χ4v) is 4.93. The van der Waals surface area contributed by atoms with Crippen LogP contribution in [-0.4, -0.2) is 83.8 Å². The van der Waals surface area contributed by atoms with E-state index >= 15 is 0 Å². The van der Waals surface area contributed by atoms with E-state index in [1.165, 1.54) is 19.4 Å². The highest BCUT2D eigenvalue weighted by molar-refractivity contribution is 7.18. The van der Waals surface area contributed by atoms with Crippen molar-refractivity contribution in [2.24, 2.45) is 0 Å². The monoisotopic (exact) mass is 416 g/mol. The predicted molar refractivity (Wildman–Crippen MR) is 110 cm³/mol. The molecule has 2 aliphatic rings. The molecule has 2 saturated heterocycles. The third-order valence-corrected chi connectivity index (χ3v) is 6.60. The summed E-state index contributed by atoms with van der Waals surface area (Å²) in [6, 6.07) is 7.92. The van der Waals surface area contributed by atoms with E-state index in [0.29, 0.717) is 19.4 Å². The number of hydrogen-bond acceptors (Lipinski definition) is 5. The van der Waals surface area contributed by atoms with Gasteiger partial charge in [-0.1, -0.05) is 12.1 Å². The molecule has 154 valence electrons. The molecule has 0 bridgehead atoms. The Kier molecular flexibility index (Phi) is 5.77. The summed E-state index contributed by atoms with van der Waals surface area (Å²) in [5, 5.41) is 1.14. The van der Waals surface area contributed by atoms with Gasteiger partial charge in [0.15, 0.2) is 0 Å². The largest absolute Gasteiger partial charge is 0.331 e. The second kappa shape index (κ2) is 8.46. The standard InChI is InChI=1S/C20H25N5O3S/c1-22-14-19(27)25(20(22)28)8-4-7-18(26)24-11-9-23(10-12-24)13-17-21-15-5-2-3-6-16(15)29-17/h2-3,5-6H,4,7-14H2,1H3/p+1. The number of imide groups is 1. The Morgan fingerprint density at radius 3 is 2.66 bits per heavy atom. The highest BCUT2D eigenvalue weighted by Gasteiger charge is 2.33. The molecule has 4 rings (SSSR count). The van der Waals surface area contributed by atoms with Crippen LogP contribution in [0.25, 0.3) is 10.2 Å². The van der Waals surface area contributed by atoms with Crippen LogP contribution >= 0.6 is 11.3 Å². The first-order chi connectivity index (χ1) is 14.0. The van der Waals surface area contributed by atoms with Gasteiger partial charge in [-0.2, -0.15) is 0 Å². The zero-order valence-electron chi connectivity index (χ0n) is 16.6. The summed E-state index contributed by atoms with van der Waals surface area (Å²) in [6.45, 7) is 4.65. The smallest absolute Gasteiger partial charge is 0.326 e. The number of piperazine rings is 1. The number of carbonyl (C=O) groups is 3. The zero-order valence-corrected chi connectivity index (χ0v) is 17.4. The lowest BCUT2D eigenvalue weighted by Gasteiger charge is -2.32. The van der Waals surface area contributed by atoms with Crippen LogP contribution in [0.1, 0.15) is 17.8 Å². The number of likely N-dealkylation sites (N-methyl/N-ethyl adjacent to an activating group) is 1. The summed E-state index contributed by atoms with van der Waals surface area (Å²) in [5.41, 5.74) is 1.06. The molecule has 4 amide bonds. The summed E-state index contributed by atoms with van der Waals surface area (Å²) in [4.78, 5) is 46.8. The van der Waals surface area contributed by atoms with E-state index < -0.39 is 0 Å². The van der Waals surface area contributed by atoms with Crippen LogP contribution in [0.15, 0.2) is 24.3 Å². The molecule has 2 aromatic rings. The molecule has 0 atom stereocenters. The van der Waals surface area contributed by atoms with Gasteiger partial charge in [-0.25, -0.2) is 9.78 Å². The summed E-state index contributed by atoms with van der Waals surface area (Å²) in [5.74, 6) is -0.0755. The minimum Gasteiger partial charge on any atom is -0.331 e. The van der Waals surface area contributed by atoms with Gasteiger partial charge < -0.3 is 14.7 Å². The molecule has 2 fully saturated rings. The maximum Gasteiger partial charge on any atom is 0.326 e. The van der Waals surface area contributed by atoms with Gasteiger partial charge in [-0.15, -0.1) is 11.3 Å². The number of para-hydroxylation sites is 1. The first-order valence-corrected chi connectivity index (χ1v) is 10.8. The normalized spacial score (nSPS) is 18.3. The van der Waals surface area contributed by atoms with Crippen molar-refractivity contribution in [1.82, 2.24) is 19.7 Å². The van der Waals surface area contributed by atoms with Crippen molar-refractivity contribution in [2.45, 2.75) is 19.4 Å². The minimum absolute atomic E-state index is 0.108. The van der Waals surface area contributed by atoms with Crippen molar-refractivity contribution in [3.63, 3.8) is 0 Å². The van der Waals surface area contributed by atoms with Gasteiger partial charge in [0.05, 0.1) is 36.4 Å². The van der Waals surface area contributed by atoms with E-state index in [-0.39, 0.29) is 24.4 Å². The number of quaternary nitrogens is 1. The molecule has 0 spiro atoms. The van der Waals surface area contributed by atoms with Gasteiger partial charge in [0.2, 0.25) is 11.8 Å². The molecular weight excluding hydrogens is 390 g/mol. The van der Waals surface area contributed by atoms with Gasteiger partial charge >= 0.3 is 6.03 Å². The van der Waals surface area contributed by atoms with Gasteiger partial charge in [-0.05, 0) is 18.6 Å². The Hall–Kier alpha value is -2.52. The molecule has 0 saturated carbocycles. The van der Waals surface area contributed by atoms with Gasteiger partial charge in [0, 0.05) is 20.0 Å². The predicted octanol–water partition coefficient (Wildman–Crippen LogP) is 0.198. The van der Waals surface area contributed by atoms with Crippen LogP contribution in [0.2, 0.25) is 0 Å². The third-order valence-electron chi connectivity index (χ3n) is 5.57. The van der Waals surface area contributed by atoms with E-state index in [1.54, 1.807) is 18.4 Å². The van der Waals surface area contributed by atoms with Crippen LogP contribution in [0.3, 0.4) is 0 Å². The molecule has 0 unspecified atom stereocenters. The molecular formula is C20H26N5O3S+. The van der Waals surface area contributed by atoms with Crippen LogP contribution in [0.5, 0.6) is 0 Å². The fraction of sp³-hybridized carbons (Fsp3) is 0.500. The van der Waals surface area contributed by atoms with Gasteiger partial charge in [-0.3, -0.25) is 14.5 Å². The number of amides is 4. The quantitative estimate of drug-likeness (QED) is 0.683. The SMILES string of the molecule is CN1CC(=O)N(CCCC(=O)N2CC[NH+](Cc3nc4ccccc4s3)CC2)C1=O. The Balaban J connectivity index is 1.20. The molecule has 1 aromatic heterocycles. The number of thiazole rings is 1. The number of nitrogens with zero attached hydrogens (tertiary/aromatic N) is 4. The Morgan fingerprint density at radius 2 is 1.97 bits per heavy atom. The van der Waals surface area contributed by atoms with Crippen LogP contribution in [-0.2, 0) is 16.1 Å². The van der Waals surface area contributed by atoms with Crippen molar-refractivity contribution >= 4 is 39.4 Å². The van der Waals surface area contributed by atoms with E-state index in [9.17, 15) is 14.4 Å². The minimum atomic E-state index is -0.269. The topological polar surface area (TPSA) is 78.3 Å². The van der Waals surface area contributed by atoms with Gasteiger partial charge in [0.1, 0.15) is 18.1 Å². The number of fused-ring (bicyclic) bond motifs is 1. The molecule has 1 N–H and O–H groups in total. The molecule has 8 nitrogen and oxygen atoms in total. The Bertz CT molecular complexity index is 889. The van der Waals surface area contributed by atoms with E-state index in [1.807, 2.05) is 23.1 Å². The summed E-state index contributed by atoms with van der Waals surface area (Å²) >= 11 is 1.75. The molecule has 0 aliphatic carbocycles.